The average molecular weight is 176 g/mol. The highest BCUT2D eigenvalue weighted by atomic mass is 35.5. The number of halogens is 1. The molecule has 11 heavy (non-hydrogen) atoms. The molecule has 0 aromatic rings. The van der Waals surface area contributed by atoms with Gasteiger partial charge < -0.3 is 5.32 Å². The second kappa shape index (κ2) is 3.96. The maximum atomic E-state index is 11.1. The van der Waals surface area contributed by atoms with Gasteiger partial charge in [0.15, 0.2) is 0 Å². The predicted molar refractivity (Wildman–Crippen MR) is 45.7 cm³/mol. The second-order valence-electron chi connectivity index (χ2n) is 3.11. The minimum Gasteiger partial charge on any atom is -0.352 e. The molecule has 1 saturated carbocycles. The molecule has 0 spiro atoms. The predicted octanol–water partition coefficient (Wildman–Crippen LogP) is 1.67. The maximum absolute atomic E-state index is 11.1. The van der Waals surface area contributed by atoms with Crippen molar-refractivity contribution in [1.29, 1.82) is 0 Å². The molecule has 0 heterocycles. The standard InChI is InChI=1S/C8H14ClNO/c1-6(9)8(11)10-7-4-2-3-5-7/h6-7H,2-5H2,1H3,(H,10,11)/t6-/m0/s1. The van der Waals surface area contributed by atoms with Crippen LogP contribution in [0.15, 0.2) is 0 Å². The molecule has 0 bridgehead atoms. The van der Waals surface area contributed by atoms with E-state index in [4.69, 9.17) is 11.6 Å². The molecule has 1 aliphatic rings. The summed E-state index contributed by atoms with van der Waals surface area (Å²) in [7, 11) is 0. The number of amides is 1. The zero-order valence-corrected chi connectivity index (χ0v) is 7.53. The molecule has 2 nitrogen and oxygen atoms in total. The smallest absolute Gasteiger partial charge is 0.237 e. The Bertz CT molecular complexity index is 141. The van der Waals surface area contributed by atoms with Crippen molar-refractivity contribution in [3.63, 3.8) is 0 Å². The van der Waals surface area contributed by atoms with E-state index >= 15 is 0 Å². The number of alkyl halides is 1. The molecule has 0 radical (unpaired) electrons. The Morgan fingerprint density at radius 3 is 2.55 bits per heavy atom. The van der Waals surface area contributed by atoms with Gasteiger partial charge in [-0.1, -0.05) is 12.8 Å². The highest BCUT2D eigenvalue weighted by Gasteiger charge is 2.18. The van der Waals surface area contributed by atoms with E-state index in [9.17, 15) is 4.79 Å². The van der Waals surface area contributed by atoms with E-state index in [0.29, 0.717) is 6.04 Å². The fraction of sp³-hybridized carbons (Fsp3) is 0.875. The van der Waals surface area contributed by atoms with Gasteiger partial charge in [-0.3, -0.25) is 4.79 Å². The summed E-state index contributed by atoms with van der Waals surface area (Å²) in [5.41, 5.74) is 0. The molecule has 0 saturated heterocycles. The van der Waals surface area contributed by atoms with Crippen LogP contribution in [0.3, 0.4) is 0 Å². The first kappa shape index (κ1) is 8.85. The van der Waals surface area contributed by atoms with Gasteiger partial charge in [-0.05, 0) is 19.8 Å². The molecule has 1 fully saturated rings. The summed E-state index contributed by atoms with van der Waals surface area (Å²) in [6.45, 7) is 1.70. The summed E-state index contributed by atoms with van der Waals surface area (Å²) >= 11 is 5.59. The van der Waals surface area contributed by atoms with Crippen molar-refractivity contribution in [2.75, 3.05) is 0 Å². The van der Waals surface area contributed by atoms with Crippen LogP contribution in [-0.2, 0) is 4.79 Å². The van der Waals surface area contributed by atoms with Gasteiger partial charge in [0.05, 0.1) is 0 Å². The third-order valence-electron chi connectivity index (χ3n) is 2.06. The molecule has 1 aliphatic carbocycles. The maximum Gasteiger partial charge on any atom is 0.237 e. The van der Waals surface area contributed by atoms with Crippen molar-refractivity contribution in [2.45, 2.75) is 44.0 Å². The van der Waals surface area contributed by atoms with Crippen LogP contribution in [0.5, 0.6) is 0 Å². The van der Waals surface area contributed by atoms with E-state index in [0.717, 1.165) is 12.8 Å². The lowest BCUT2D eigenvalue weighted by Crippen LogP contribution is -2.36. The van der Waals surface area contributed by atoms with Crippen LogP contribution in [0.25, 0.3) is 0 Å². The minimum absolute atomic E-state index is 0.0291. The lowest BCUT2D eigenvalue weighted by molar-refractivity contribution is -0.121. The summed E-state index contributed by atoms with van der Waals surface area (Å²) in [6.07, 6.45) is 4.72. The van der Waals surface area contributed by atoms with Gasteiger partial charge in [0.1, 0.15) is 5.38 Å². The molecule has 0 aliphatic heterocycles. The van der Waals surface area contributed by atoms with E-state index in [1.807, 2.05) is 0 Å². The average Bonchev–Trinajstić information content (AvgIpc) is 2.39. The lowest BCUT2D eigenvalue weighted by Gasteiger charge is -2.12. The van der Waals surface area contributed by atoms with E-state index in [1.54, 1.807) is 6.92 Å². The van der Waals surface area contributed by atoms with Crippen molar-refractivity contribution in [3.8, 4) is 0 Å². The first-order valence-electron chi connectivity index (χ1n) is 4.14. The monoisotopic (exact) mass is 175 g/mol. The minimum atomic E-state index is -0.393. The summed E-state index contributed by atoms with van der Waals surface area (Å²) in [6, 6.07) is 0.392. The summed E-state index contributed by atoms with van der Waals surface area (Å²) in [5.74, 6) is -0.0291. The Kier molecular flexibility index (Phi) is 3.18. The van der Waals surface area contributed by atoms with Gasteiger partial charge in [0.2, 0.25) is 5.91 Å². The Labute approximate surface area is 72.3 Å². The third kappa shape index (κ3) is 2.70. The number of carbonyl (C=O) groups is 1. The van der Waals surface area contributed by atoms with E-state index in [1.165, 1.54) is 12.8 Å². The van der Waals surface area contributed by atoms with Crippen molar-refractivity contribution in [3.05, 3.63) is 0 Å². The van der Waals surface area contributed by atoms with Gasteiger partial charge >= 0.3 is 0 Å². The van der Waals surface area contributed by atoms with E-state index < -0.39 is 5.38 Å². The Morgan fingerprint density at radius 1 is 1.55 bits per heavy atom. The molecule has 64 valence electrons. The third-order valence-corrected chi connectivity index (χ3v) is 2.26. The largest absolute Gasteiger partial charge is 0.352 e. The summed E-state index contributed by atoms with van der Waals surface area (Å²) in [4.78, 5) is 11.1. The highest BCUT2D eigenvalue weighted by Crippen LogP contribution is 2.17. The highest BCUT2D eigenvalue weighted by molar-refractivity contribution is 6.30. The van der Waals surface area contributed by atoms with Crippen LogP contribution in [0.4, 0.5) is 0 Å². The quantitative estimate of drug-likeness (QED) is 0.636. The first-order valence-corrected chi connectivity index (χ1v) is 4.58. The van der Waals surface area contributed by atoms with Gasteiger partial charge in [-0.15, -0.1) is 11.6 Å². The van der Waals surface area contributed by atoms with Crippen molar-refractivity contribution < 1.29 is 4.79 Å². The molecule has 3 heteroatoms. The molecule has 1 rings (SSSR count). The van der Waals surface area contributed by atoms with Crippen LogP contribution in [0, 0.1) is 0 Å². The first-order chi connectivity index (χ1) is 5.20. The fourth-order valence-electron chi connectivity index (χ4n) is 1.39. The number of carbonyl (C=O) groups excluding carboxylic acids is 1. The normalized spacial score (nSPS) is 21.6. The molecule has 1 atom stereocenters. The second-order valence-corrected chi connectivity index (χ2v) is 3.76. The van der Waals surface area contributed by atoms with E-state index in [2.05, 4.69) is 5.32 Å². The molecular weight excluding hydrogens is 162 g/mol. The molecule has 0 aromatic heterocycles. The molecule has 0 aromatic carbocycles. The summed E-state index contributed by atoms with van der Waals surface area (Å²) < 4.78 is 0. The van der Waals surface area contributed by atoms with Crippen molar-refractivity contribution >= 4 is 17.5 Å². The van der Waals surface area contributed by atoms with Gasteiger partial charge in [0, 0.05) is 6.04 Å². The number of rotatable bonds is 2. The Balaban J connectivity index is 2.24. The molecule has 0 unspecified atom stereocenters. The molecule has 1 N–H and O–H groups in total. The Morgan fingerprint density at radius 2 is 2.09 bits per heavy atom. The summed E-state index contributed by atoms with van der Waals surface area (Å²) in [5, 5.41) is 2.51. The van der Waals surface area contributed by atoms with Crippen molar-refractivity contribution in [2.24, 2.45) is 0 Å². The molecule has 1 amide bonds. The SMILES string of the molecule is C[C@H](Cl)C(=O)NC1CCCC1. The fourth-order valence-corrected chi connectivity index (χ4v) is 1.45. The van der Waals surface area contributed by atoms with E-state index in [-0.39, 0.29) is 5.91 Å². The van der Waals surface area contributed by atoms with Crippen LogP contribution in [0.1, 0.15) is 32.6 Å². The van der Waals surface area contributed by atoms with Crippen LogP contribution in [0.2, 0.25) is 0 Å². The zero-order valence-electron chi connectivity index (χ0n) is 6.77. The van der Waals surface area contributed by atoms with Crippen LogP contribution in [-0.4, -0.2) is 17.3 Å². The Hall–Kier alpha value is -0.240. The van der Waals surface area contributed by atoms with Crippen LogP contribution >= 0.6 is 11.6 Å². The zero-order chi connectivity index (χ0) is 8.27. The van der Waals surface area contributed by atoms with Crippen molar-refractivity contribution in [1.82, 2.24) is 5.32 Å². The topological polar surface area (TPSA) is 29.1 Å². The molecular formula is C8H14ClNO. The lowest BCUT2D eigenvalue weighted by atomic mass is 10.2. The number of nitrogens with one attached hydrogen (secondary N) is 1. The number of hydrogen-bond donors (Lipinski definition) is 1. The van der Waals surface area contributed by atoms with Gasteiger partial charge in [-0.25, -0.2) is 0 Å². The number of hydrogen-bond acceptors (Lipinski definition) is 1. The van der Waals surface area contributed by atoms with Gasteiger partial charge in [0.25, 0.3) is 0 Å². The van der Waals surface area contributed by atoms with Gasteiger partial charge in [-0.2, -0.15) is 0 Å². The van der Waals surface area contributed by atoms with Crippen LogP contribution < -0.4 is 5.32 Å².